The molecule has 10 heteroatoms. The van der Waals surface area contributed by atoms with Crippen molar-refractivity contribution >= 4 is 40.8 Å². The van der Waals surface area contributed by atoms with Gasteiger partial charge in [-0.1, -0.05) is 25.4 Å². The lowest BCUT2D eigenvalue weighted by Gasteiger charge is -2.36. The van der Waals surface area contributed by atoms with Crippen LogP contribution in [-0.4, -0.2) is 73.6 Å². The molecule has 1 aliphatic rings. The minimum Gasteiger partial charge on any atom is -0.491 e. The number of carbonyl (C=O) groups is 3. The molecule has 0 saturated heterocycles. The second kappa shape index (κ2) is 12.8. The van der Waals surface area contributed by atoms with Crippen molar-refractivity contribution in [3.63, 3.8) is 0 Å². The van der Waals surface area contributed by atoms with E-state index < -0.39 is 6.03 Å². The van der Waals surface area contributed by atoms with Gasteiger partial charge in [0.15, 0.2) is 0 Å². The third-order valence-electron chi connectivity index (χ3n) is 6.43. The second-order valence-corrected chi connectivity index (χ2v) is 9.73. The van der Waals surface area contributed by atoms with E-state index in [2.05, 4.69) is 10.6 Å². The first-order chi connectivity index (χ1) is 17.6. The predicted molar refractivity (Wildman–Crippen MR) is 144 cm³/mol. The Morgan fingerprint density at radius 3 is 2.38 bits per heavy atom. The van der Waals surface area contributed by atoms with Crippen LogP contribution in [0.25, 0.3) is 0 Å². The minimum atomic E-state index is -0.455. The summed E-state index contributed by atoms with van der Waals surface area (Å²) in [4.78, 5) is 42.0. The van der Waals surface area contributed by atoms with Crippen LogP contribution in [0.5, 0.6) is 5.75 Å². The lowest BCUT2D eigenvalue weighted by atomic mass is 10.0. The normalized spacial score (nSPS) is 20.7. The topological polar surface area (TPSA) is 100 Å². The van der Waals surface area contributed by atoms with Crippen LogP contribution in [0, 0.1) is 5.92 Å². The summed E-state index contributed by atoms with van der Waals surface area (Å²) in [5, 5.41) is 6.07. The predicted octanol–water partition coefficient (Wildman–Crippen LogP) is 4.73. The second-order valence-electron chi connectivity index (χ2n) is 9.29. The monoisotopic (exact) mass is 530 g/mol. The van der Waals surface area contributed by atoms with Gasteiger partial charge in [-0.3, -0.25) is 9.59 Å². The van der Waals surface area contributed by atoms with E-state index in [1.165, 1.54) is 0 Å². The SMILES string of the molecule is CCC(=O)N1C[C@@H](C)[C@@H](OC)CN(C)C(=O)c2ccc(NC(=O)Nc3ccc(Cl)cc3)cc2OC[C@@H]1C. The van der Waals surface area contributed by atoms with Gasteiger partial charge in [0.25, 0.3) is 5.91 Å². The molecule has 2 aromatic rings. The van der Waals surface area contributed by atoms with Crippen molar-refractivity contribution < 1.29 is 23.9 Å². The van der Waals surface area contributed by atoms with Crippen molar-refractivity contribution in [1.82, 2.24) is 9.80 Å². The molecular formula is C27H35ClN4O5. The highest BCUT2D eigenvalue weighted by Gasteiger charge is 2.30. The van der Waals surface area contributed by atoms with Crippen molar-refractivity contribution in [3.8, 4) is 5.75 Å². The summed E-state index contributed by atoms with van der Waals surface area (Å²) < 4.78 is 11.8. The number of hydrogen-bond acceptors (Lipinski definition) is 5. The van der Waals surface area contributed by atoms with Crippen LogP contribution in [0.15, 0.2) is 42.5 Å². The first-order valence-electron chi connectivity index (χ1n) is 12.3. The Balaban J connectivity index is 1.88. The summed E-state index contributed by atoms with van der Waals surface area (Å²) in [7, 11) is 3.32. The van der Waals surface area contributed by atoms with Gasteiger partial charge < -0.3 is 29.9 Å². The number of rotatable bonds is 4. The Morgan fingerprint density at radius 1 is 1.08 bits per heavy atom. The molecule has 0 bridgehead atoms. The van der Waals surface area contributed by atoms with E-state index >= 15 is 0 Å². The van der Waals surface area contributed by atoms with Gasteiger partial charge in [-0.25, -0.2) is 4.79 Å². The highest BCUT2D eigenvalue weighted by Crippen LogP contribution is 2.27. The molecular weight excluding hydrogens is 496 g/mol. The number of methoxy groups -OCH3 is 1. The molecule has 0 radical (unpaired) electrons. The highest BCUT2D eigenvalue weighted by molar-refractivity contribution is 6.30. The fraction of sp³-hybridized carbons (Fsp3) is 0.444. The molecule has 2 N–H and O–H groups in total. The summed E-state index contributed by atoms with van der Waals surface area (Å²) >= 11 is 5.90. The zero-order valence-electron chi connectivity index (χ0n) is 21.9. The molecule has 0 unspecified atom stereocenters. The summed E-state index contributed by atoms with van der Waals surface area (Å²) in [5.74, 6) is 0.118. The van der Waals surface area contributed by atoms with Crippen LogP contribution < -0.4 is 15.4 Å². The Hall–Kier alpha value is -3.30. The minimum absolute atomic E-state index is 0.00262. The maximum absolute atomic E-state index is 13.3. The van der Waals surface area contributed by atoms with Crippen molar-refractivity contribution in [2.75, 3.05) is 44.5 Å². The number of nitrogens with one attached hydrogen (secondary N) is 2. The van der Waals surface area contributed by atoms with Gasteiger partial charge in [-0.2, -0.15) is 0 Å². The van der Waals surface area contributed by atoms with Gasteiger partial charge in [-0.15, -0.1) is 0 Å². The van der Waals surface area contributed by atoms with Gasteiger partial charge in [-0.05, 0) is 43.3 Å². The Kier molecular flexibility index (Phi) is 9.77. The number of ether oxygens (including phenoxy) is 2. The standard InChI is InChI=1S/C27H35ClN4O5/c1-6-25(33)32-14-17(2)24(36-5)15-31(4)26(34)22-12-11-21(13-23(22)37-16-18(32)3)30-27(35)29-20-9-7-19(28)8-10-20/h7-13,17-18,24H,6,14-16H2,1-5H3,(H2,29,30,35)/t17-,18+,24+/m1/s1. The molecule has 200 valence electrons. The molecule has 0 aromatic heterocycles. The summed E-state index contributed by atoms with van der Waals surface area (Å²) in [6.07, 6.45) is 0.120. The molecule has 2 aromatic carbocycles. The lowest BCUT2D eigenvalue weighted by molar-refractivity contribution is -0.135. The van der Waals surface area contributed by atoms with Crippen LogP contribution in [0.4, 0.5) is 16.2 Å². The number of halogens is 1. The molecule has 9 nitrogen and oxygen atoms in total. The molecule has 4 amide bonds. The van der Waals surface area contributed by atoms with Gasteiger partial charge in [0.1, 0.15) is 12.4 Å². The summed E-state index contributed by atoms with van der Waals surface area (Å²) in [5.41, 5.74) is 1.39. The maximum atomic E-state index is 13.3. The number of anilines is 2. The van der Waals surface area contributed by atoms with Crippen LogP contribution >= 0.6 is 11.6 Å². The number of urea groups is 1. The smallest absolute Gasteiger partial charge is 0.323 e. The van der Waals surface area contributed by atoms with Gasteiger partial charge in [0.2, 0.25) is 5.91 Å². The third kappa shape index (κ3) is 7.36. The van der Waals surface area contributed by atoms with E-state index in [1.807, 2.05) is 20.8 Å². The van der Waals surface area contributed by atoms with Crippen molar-refractivity contribution in [1.29, 1.82) is 0 Å². The van der Waals surface area contributed by atoms with Gasteiger partial charge in [0.05, 0.1) is 17.7 Å². The van der Waals surface area contributed by atoms with Crippen LogP contribution in [0.1, 0.15) is 37.6 Å². The van der Waals surface area contributed by atoms with E-state index in [1.54, 1.807) is 66.4 Å². The number of likely N-dealkylation sites (N-methyl/N-ethyl adjacent to an activating group) is 1. The van der Waals surface area contributed by atoms with E-state index in [0.717, 1.165) is 0 Å². The third-order valence-corrected chi connectivity index (χ3v) is 6.68. The van der Waals surface area contributed by atoms with E-state index in [9.17, 15) is 14.4 Å². The molecule has 3 rings (SSSR count). The quantitative estimate of drug-likeness (QED) is 0.595. The average Bonchev–Trinajstić information content (AvgIpc) is 2.88. The lowest BCUT2D eigenvalue weighted by Crippen LogP contribution is -2.48. The molecule has 1 heterocycles. The van der Waals surface area contributed by atoms with Gasteiger partial charge >= 0.3 is 6.03 Å². The van der Waals surface area contributed by atoms with Crippen LogP contribution in [0.3, 0.4) is 0 Å². The fourth-order valence-corrected chi connectivity index (χ4v) is 4.35. The van der Waals surface area contributed by atoms with Gasteiger partial charge in [0, 0.05) is 62.0 Å². The number of hydrogen-bond donors (Lipinski definition) is 2. The molecule has 1 aliphatic heterocycles. The number of nitrogens with zero attached hydrogens (tertiary/aromatic N) is 2. The van der Waals surface area contributed by atoms with Crippen molar-refractivity contribution in [3.05, 3.63) is 53.1 Å². The largest absolute Gasteiger partial charge is 0.491 e. The molecule has 3 atom stereocenters. The van der Waals surface area contributed by atoms with E-state index in [-0.39, 0.29) is 36.5 Å². The summed E-state index contributed by atoms with van der Waals surface area (Å²) in [6, 6.07) is 10.9. The molecule has 0 aliphatic carbocycles. The zero-order valence-corrected chi connectivity index (χ0v) is 22.7. The van der Waals surface area contributed by atoms with Crippen LogP contribution in [-0.2, 0) is 9.53 Å². The highest BCUT2D eigenvalue weighted by atomic mass is 35.5. The van der Waals surface area contributed by atoms with E-state index in [4.69, 9.17) is 21.1 Å². The Morgan fingerprint density at radius 2 is 1.73 bits per heavy atom. The van der Waals surface area contributed by atoms with Crippen molar-refractivity contribution in [2.45, 2.75) is 39.3 Å². The average molecular weight is 531 g/mol. The number of carbonyl (C=O) groups excluding carboxylic acids is 3. The maximum Gasteiger partial charge on any atom is 0.323 e. The van der Waals surface area contributed by atoms with Crippen LogP contribution in [0.2, 0.25) is 5.02 Å². The molecule has 37 heavy (non-hydrogen) atoms. The number of benzene rings is 2. The first kappa shape index (κ1) is 28.3. The van der Waals surface area contributed by atoms with Crippen molar-refractivity contribution in [2.24, 2.45) is 5.92 Å². The Bertz CT molecular complexity index is 1110. The number of amides is 4. The molecule has 0 spiro atoms. The zero-order chi connectivity index (χ0) is 27.1. The number of fused-ring (bicyclic) bond motifs is 1. The fourth-order valence-electron chi connectivity index (χ4n) is 4.23. The Labute approximate surface area is 223 Å². The first-order valence-corrected chi connectivity index (χ1v) is 12.7. The summed E-state index contributed by atoms with van der Waals surface area (Å²) in [6.45, 7) is 6.78. The molecule has 0 saturated carbocycles. The van der Waals surface area contributed by atoms with E-state index in [0.29, 0.717) is 47.2 Å². The molecule has 0 fully saturated rings.